The van der Waals surface area contributed by atoms with Crippen LogP contribution in [0.4, 0.5) is 10.5 Å². The number of rotatable bonds is 5. The van der Waals surface area contributed by atoms with Crippen LogP contribution in [0.5, 0.6) is 11.6 Å². The van der Waals surface area contributed by atoms with Crippen LogP contribution in [-0.2, 0) is 4.74 Å². The molecular formula is C22H25BrN4O4. The molecule has 1 heterocycles. The maximum atomic E-state index is 11.9. The van der Waals surface area contributed by atoms with Crippen LogP contribution in [0.15, 0.2) is 45.9 Å². The van der Waals surface area contributed by atoms with Crippen molar-refractivity contribution in [2.75, 3.05) is 18.8 Å². The molecule has 8 nitrogen and oxygen atoms in total. The van der Waals surface area contributed by atoms with Crippen LogP contribution in [0.25, 0.3) is 10.9 Å². The predicted molar refractivity (Wildman–Crippen MR) is 125 cm³/mol. The van der Waals surface area contributed by atoms with Gasteiger partial charge in [-0.05, 0) is 51.1 Å². The first-order chi connectivity index (χ1) is 14.5. The normalized spacial score (nSPS) is 12.2. The third kappa shape index (κ3) is 5.49. The number of aromatic hydroxyl groups is 2. The van der Waals surface area contributed by atoms with Crippen LogP contribution < -0.4 is 11.1 Å². The number of aliphatic imine (C=N–C) groups is 1. The van der Waals surface area contributed by atoms with Crippen LogP contribution in [-0.4, -0.2) is 45.7 Å². The van der Waals surface area contributed by atoms with Gasteiger partial charge in [0, 0.05) is 27.5 Å². The molecule has 2 aromatic carbocycles. The first-order valence-corrected chi connectivity index (χ1v) is 10.4. The molecule has 0 saturated carbocycles. The first kappa shape index (κ1) is 22.5. The van der Waals surface area contributed by atoms with Crippen molar-refractivity contribution in [1.82, 2.24) is 10.3 Å². The van der Waals surface area contributed by atoms with Gasteiger partial charge in [-0.1, -0.05) is 22.0 Å². The van der Waals surface area contributed by atoms with Crippen LogP contribution in [0.2, 0.25) is 0 Å². The van der Waals surface area contributed by atoms with Crippen LogP contribution in [0.3, 0.4) is 0 Å². The maximum Gasteiger partial charge on any atom is 0.407 e. The lowest BCUT2D eigenvalue weighted by Gasteiger charge is -2.19. The number of fused-ring (bicyclic) bond motifs is 1. The highest BCUT2D eigenvalue weighted by Crippen LogP contribution is 2.33. The maximum absolute atomic E-state index is 11.9. The second-order valence-electron chi connectivity index (χ2n) is 7.97. The van der Waals surface area contributed by atoms with Crippen molar-refractivity contribution in [3.05, 3.63) is 52.0 Å². The van der Waals surface area contributed by atoms with E-state index < -0.39 is 11.7 Å². The number of halogens is 1. The topological polar surface area (TPSA) is 133 Å². The number of hydrogen-bond donors (Lipinski definition) is 5. The number of carbonyl (C=O) groups excluding carboxylic acids is 1. The third-order valence-corrected chi connectivity index (χ3v) is 4.82. The lowest BCUT2D eigenvalue weighted by Crippen LogP contribution is -2.33. The van der Waals surface area contributed by atoms with Gasteiger partial charge in [-0.25, -0.2) is 4.79 Å². The predicted octanol–water partition coefficient (Wildman–Crippen LogP) is 4.29. The zero-order chi connectivity index (χ0) is 22.8. The Morgan fingerprint density at radius 1 is 1.23 bits per heavy atom. The Hall–Kier alpha value is -3.20. The van der Waals surface area contributed by atoms with Crippen molar-refractivity contribution >= 4 is 44.3 Å². The van der Waals surface area contributed by atoms with Gasteiger partial charge in [0.1, 0.15) is 11.4 Å². The smallest absolute Gasteiger partial charge is 0.407 e. The van der Waals surface area contributed by atoms with Crippen molar-refractivity contribution in [1.29, 1.82) is 0 Å². The molecule has 3 rings (SSSR count). The summed E-state index contributed by atoms with van der Waals surface area (Å²) >= 11 is 3.45. The fourth-order valence-corrected chi connectivity index (χ4v) is 3.40. The molecule has 0 aliphatic rings. The number of nitrogens with one attached hydrogen (secondary N) is 2. The summed E-state index contributed by atoms with van der Waals surface area (Å²) in [7, 11) is 0. The lowest BCUT2D eigenvalue weighted by molar-refractivity contribution is 0.0529. The van der Waals surface area contributed by atoms with Crippen molar-refractivity contribution in [3.63, 3.8) is 0 Å². The molecule has 0 atom stereocenters. The fraction of sp³-hybridized carbons (Fsp3) is 0.273. The quantitative estimate of drug-likeness (QED) is 0.158. The summed E-state index contributed by atoms with van der Waals surface area (Å²) in [4.78, 5) is 19.4. The number of nitrogens with two attached hydrogens (primary N) is 1. The average Bonchev–Trinajstić information content (AvgIpc) is 2.98. The number of phenolic OH excluding ortho intramolecular Hbond substituents is 1. The summed E-state index contributed by atoms with van der Waals surface area (Å²) in [6.45, 7) is 5.81. The van der Waals surface area contributed by atoms with E-state index in [9.17, 15) is 15.0 Å². The monoisotopic (exact) mass is 488 g/mol. The number of aromatic amines is 1. The minimum atomic E-state index is -0.594. The molecule has 31 heavy (non-hydrogen) atoms. The molecule has 0 unspecified atom stereocenters. The van der Waals surface area contributed by atoms with E-state index in [1.807, 2.05) is 18.2 Å². The Morgan fingerprint density at radius 3 is 2.65 bits per heavy atom. The van der Waals surface area contributed by atoms with Gasteiger partial charge in [-0.3, -0.25) is 4.99 Å². The first-order valence-electron chi connectivity index (χ1n) is 9.66. The number of amides is 1. The molecule has 9 heteroatoms. The standard InChI is InChI=1S/C22H25BrN4O4/c1-22(2,3)31-21(30)26-9-8-25-19(12-4-6-15(24)17(28)10-12)18-14-11-13(23)5-7-16(14)27-20(18)29/h4-7,10-11,27-29H,8-9,24H2,1-3H3,(H,26,30). The summed E-state index contributed by atoms with van der Waals surface area (Å²) in [6, 6.07) is 10.3. The second kappa shape index (κ2) is 8.89. The highest BCUT2D eigenvalue weighted by molar-refractivity contribution is 9.10. The van der Waals surface area contributed by atoms with Crippen molar-refractivity contribution in [2.24, 2.45) is 4.99 Å². The van der Waals surface area contributed by atoms with Crippen molar-refractivity contribution in [3.8, 4) is 11.6 Å². The summed E-state index contributed by atoms with van der Waals surface area (Å²) in [6.07, 6.45) is -0.534. The number of carbonyl (C=O) groups is 1. The summed E-state index contributed by atoms with van der Waals surface area (Å²) < 4.78 is 6.06. The van der Waals surface area contributed by atoms with Crippen molar-refractivity contribution < 1.29 is 19.7 Å². The molecule has 6 N–H and O–H groups in total. The highest BCUT2D eigenvalue weighted by atomic mass is 79.9. The molecule has 0 aliphatic heterocycles. The molecule has 3 aromatic rings. The number of H-pyrrole nitrogens is 1. The zero-order valence-electron chi connectivity index (χ0n) is 17.5. The van der Waals surface area contributed by atoms with E-state index in [2.05, 4.69) is 31.2 Å². The molecule has 1 amide bonds. The number of phenols is 1. The van der Waals surface area contributed by atoms with E-state index in [0.29, 0.717) is 16.8 Å². The van der Waals surface area contributed by atoms with Crippen LogP contribution >= 0.6 is 15.9 Å². The Kier molecular flexibility index (Phi) is 6.45. The Bertz CT molecular complexity index is 1150. The minimum Gasteiger partial charge on any atom is -0.506 e. The SMILES string of the molecule is CC(C)(C)OC(=O)NCCN=C(c1ccc(N)c(O)c1)c1c(O)[nH]c2ccc(Br)cc12. The van der Waals surface area contributed by atoms with E-state index in [-0.39, 0.29) is 30.4 Å². The number of ether oxygens (including phenoxy) is 1. The molecule has 0 aliphatic carbocycles. The van der Waals surface area contributed by atoms with Crippen molar-refractivity contribution in [2.45, 2.75) is 26.4 Å². The number of anilines is 1. The van der Waals surface area contributed by atoms with E-state index in [1.165, 1.54) is 6.07 Å². The number of nitrogens with zero attached hydrogens (tertiary/aromatic N) is 1. The van der Waals surface area contributed by atoms with Gasteiger partial charge in [0.2, 0.25) is 0 Å². The molecule has 0 radical (unpaired) electrons. The zero-order valence-corrected chi connectivity index (χ0v) is 19.1. The Morgan fingerprint density at radius 2 is 1.97 bits per heavy atom. The van der Waals surface area contributed by atoms with Gasteiger partial charge in [-0.2, -0.15) is 0 Å². The number of aromatic nitrogens is 1. The summed E-state index contributed by atoms with van der Waals surface area (Å²) in [5.41, 5.74) is 7.62. The van der Waals surface area contributed by atoms with Gasteiger partial charge in [0.15, 0.2) is 5.88 Å². The molecule has 0 fully saturated rings. The van der Waals surface area contributed by atoms with E-state index >= 15 is 0 Å². The lowest BCUT2D eigenvalue weighted by atomic mass is 10.0. The van der Waals surface area contributed by atoms with Gasteiger partial charge in [0.25, 0.3) is 0 Å². The molecule has 0 spiro atoms. The number of benzene rings is 2. The van der Waals surface area contributed by atoms with Gasteiger partial charge in [-0.15, -0.1) is 0 Å². The molecule has 0 bridgehead atoms. The minimum absolute atomic E-state index is 0.0525. The number of nitrogen functional groups attached to an aromatic ring is 1. The largest absolute Gasteiger partial charge is 0.506 e. The molecular weight excluding hydrogens is 464 g/mol. The van der Waals surface area contributed by atoms with Gasteiger partial charge < -0.3 is 31.0 Å². The Labute approximate surface area is 188 Å². The van der Waals surface area contributed by atoms with Crippen LogP contribution in [0, 0.1) is 0 Å². The van der Waals surface area contributed by atoms with E-state index in [1.54, 1.807) is 32.9 Å². The third-order valence-electron chi connectivity index (χ3n) is 4.33. The Balaban J connectivity index is 1.96. The van der Waals surface area contributed by atoms with E-state index in [0.717, 1.165) is 15.4 Å². The van der Waals surface area contributed by atoms with Crippen LogP contribution in [0.1, 0.15) is 31.9 Å². The molecule has 0 saturated heterocycles. The van der Waals surface area contributed by atoms with E-state index in [4.69, 9.17) is 10.5 Å². The fourth-order valence-electron chi connectivity index (χ4n) is 3.04. The molecule has 164 valence electrons. The summed E-state index contributed by atoms with van der Waals surface area (Å²) in [5, 5.41) is 24.1. The highest BCUT2D eigenvalue weighted by Gasteiger charge is 2.20. The molecule has 1 aromatic heterocycles. The second-order valence-corrected chi connectivity index (χ2v) is 8.89. The summed E-state index contributed by atoms with van der Waals surface area (Å²) in [5.74, 6) is -0.138. The average molecular weight is 489 g/mol. The van der Waals surface area contributed by atoms with Gasteiger partial charge >= 0.3 is 6.09 Å². The number of alkyl carbamates (subject to hydrolysis) is 1. The number of hydrogen-bond acceptors (Lipinski definition) is 6. The van der Waals surface area contributed by atoms with Gasteiger partial charge in [0.05, 0.1) is 23.5 Å².